The second-order valence-corrected chi connectivity index (χ2v) is 6.46. The van der Waals surface area contributed by atoms with Gasteiger partial charge in [0, 0.05) is 23.0 Å². The van der Waals surface area contributed by atoms with Crippen molar-refractivity contribution in [1.29, 1.82) is 0 Å². The van der Waals surface area contributed by atoms with Gasteiger partial charge in [-0.15, -0.1) is 0 Å². The maximum absolute atomic E-state index is 12.4. The van der Waals surface area contributed by atoms with Crippen LogP contribution in [0, 0.1) is 0 Å². The van der Waals surface area contributed by atoms with Crippen LogP contribution < -0.4 is 21.7 Å². The molecule has 0 unspecified atom stereocenters. The smallest absolute Gasteiger partial charge is 0.319 e. The molecule has 132 valence electrons. The summed E-state index contributed by atoms with van der Waals surface area (Å²) >= 11 is 11.9. The SMILES string of the molecule is CC(C)NC(=O)Nc1cccc(C(=O)Nc2cc(Cl)c(N)c(Cl)c2)c1. The van der Waals surface area contributed by atoms with Crippen molar-refractivity contribution < 1.29 is 9.59 Å². The summed E-state index contributed by atoms with van der Waals surface area (Å²) < 4.78 is 0. The number of nitrogen functional groups attached to an aromatic ring is 1. The van der Waals surface area contributed by atoms with E-state index < -0.39 is 0 Å². The number of anilines is 3. The molecule has 0 heterocycles. The van der Waals surface area contributed by atoms with Crippen molar-refractivity contribution in [3.8, 4) is 0 Å². The molecular weight excluding hydrogens is 363 g/mol. The molecular formula is C17H18Cl2N4O2. The fourth-order valence-electron chi connectivity index (χ4n) is 2.03. The molecule has 6 nitrogen and oxygen atoms in total. The molecule has 0 bridgehead atoms. The first-order chi connectivity index (χ1) is 11.8. The van der Waals surface area contributed by atoms with Crippen molar-refractivity contribution in [1.82, 2.24) is 5.32 Å². The van der Waals surface area contributed by atoms with Crippen LogP contribution in [0.25, 0.3) is 0 Å². The van der Waals surface area contributed by atoms with Gasteiger partial charge in [-0.25, -0.2) is 4.79 Å². The number of nitrogens with two attached hydrogens (primary N) is 1. The first-order valence-electron chi connectivity index (χ1n) is 7.49. The monoisotopic (exact) mass is 380 g/mol. The Bertz CT molecular complexity index is 786. The number of hydrogen-bond donors (Lipinski definition) is 4. The summed E-state index contributed by atoms with van der Waals surface area (Å²) in [5, 5.41) is 8.57. The predicted octanol–water partition coefficient (Wildman–Crippen LogP) is 4.36. The highest BCUT2D eigenvalue weighted by Gasteiger charge is 2.11. The maximum Gasteiger partial charge on any atom is 0.319 e. The van der Waals surface area contributed by atoms with Gasteiger partial charge in [0.2, 0.25) is 0 Å². The Balaban J connectivity index is 2.12. The summed E-state index contributed by atoms with van der Waals surface area (Å²) in [4.78, 5) is 24.1. The number of carbonyl (C=O) groups excluding carboxylic acids is 2. The fraction of sp³-hybridized carbons (Fsp3) is 0.176. The zero-order valence-corrected chi connectivity index (χ0v) is 15.2. The third-order valence-corrected chi connectivity index (χ3v) is 3.76. The summed E-state index contributed by atoms with van der Waals surface area (Å²) in [6.07, 6.45) is 0. The van der Waals surface area contributed by atoms with Crippen molar-refractivity contribution in [3.05, 3.63) is 52.0 Å². The third kappa shape index (κ3) is 5.27. The summed E-state index contributed by atoms with van der Waals surface area (Å²) in [6, 6.07) is 9.24. The van der Waals surface area contributed by atoms with Gasteiger partial charge in [0.05, 0.1) is 15.7 Å². The molecule has 2 aromatic carbocycles. The highest BCUT2D eigenvalue weighted by Crippen LogP contribution is 2.31. The lowest BCUT2D eigenvalue weighted by Crippen LogP contribution is -2.34. The summed E-state index contributed by atoms with van der Waals surface area (Å²) in [5.41, 5.74) is 7.21. The zero-order valence-electron chi connectivity index (χ0n) is 13.7. The number of urea groups is 1. The van der Waals surface area contributed by atoms with E-state index >= 15 is 0 Å². The zero-order chi connectivity index (χ0) is 18.6. The minimum atomic E-state index is -0.371. The molecule has 5 N–H and O–H groups in total. The molecule has 0 aliphatic rings. The average Bonchev–Trinajstić information content (AvgIpc) is 2.51. The van der Waals surface area contributed by atoms with E-state index in [0.717, 1.165) is 0 Å². The highest BCUT2D eigenvalue weighted by atomic mass is 35.5. The van der Waals surface area contributed by atoms with Gasteiger partial charge < -0.3 is 21.7 Å². The second-order valence-electron chi connectivity index (χ2n) is 5.64. The number of rotatable bonds is 4. The second kappa shape index (κ2) is 8.09. The highest BCUT2D eigenvalue weighted by molar-refractivity contribution is 6.39. The summed E-state index contributed by atoms with van der Waals surface area (Å²) in [5.74, 6) is -0.371. The molecule has 0 spiro atoms. The van der Waals surface area contributed by atoms with Crippen LogP contribution >= 0.6 is 23.2 Å². The number of halogens is 2. The molecule has 0 saturated heterocycles. The molecule has 8 heteroatoms. The first kappa shape index (κ1) is 18.9. The van der Waals surface area contributed by atoms with Crippen LogP contribution in [0.2, 0.25) is 10.0 Å². The lowest BCUT2D eigenvalue weighted by Gasteiger charge is -2.12. The molecule has 0 aliphatic carbocycles. The van der Waals surface area contributed by atoms with Crippen LogP contribution in [0.1, 0.15) is 24.2 Å². The van der Waals surface area contributed by atoms with Gasteiger partial charge >= 0.3 is 6.03 Å². The van der Waals surface area contributed by atoms with Crippen molar-refractivity contribution >= 4 is 52.2 Å². The Morgan fingerprint density at radius 1 is 1.00 bits per heavy atom. The van der Waals surface area contributed by atoms with Gasteiger partial charge in [-0.05, 0) is 44.2 Å². The molecule has 25 heavy (non-hydrogen) atoms. The van der Waals surface area contributed by atoms with Crippen LogP contribution in [0.15, 0.2) is 36.4 Å². The average molecular weight is 381 g/mol. The van der Waals surface area contributed by atoms with E-state index in [2.05, 4.69) is 16.0 Å². The van der Waals surface area contributed by atoms with E-state index in [4.69, 9.17) is 28.9 Å². The van der Waals surface area contributed by atoms with Crippen LogP contribution in [-0.2, 0) is 0 Å². The lowest BCUT2D eigenvalue weighted by atomic mass is 10.2. The first-order valence-corrected chi connectivity index (χ1v) is 8.25. The quantitative estimate of drug-likeness (QED) is 0.593. The molecule has 0 fully saturated rings. The van der Waals surface area contributed by atoms with Crippen LogP contribution in [0.3, 0.4) is 0 Å². The lowest BCUT2D eigenvalue weighted by molar-refractivity contribution is 0.102. The molecule has 3 amide bonds. The predicted molar refractivity (Wildman–Crippen MR) is 103 cm³/mol. The van der Waals surface area contributed by atoms with Crippen LogP contribution in [0.5, 0.6) is 0 Å². The number of nitrogens with one attached hydrogen (secondary N) is 3. The Hall–Kier alpha value is -2.44. The Kier molecular flexibility index (Phi) is 6.12. The minimum Gasteiger partial charge on any atom is -0.396 e. The Morgan fingerprint density at radius 2 is 1.64 bits per heavy atom. The van der Waals surface area contributed by atoms with Crippen molar-refractivity contribution in [3.63, 3.8) is 0 Å². The van der Waals surface area contributed by atoms with E-state index in [-0.39, 0.29) is 33.7 Å². The normalized spacial score (nSPS) is 10.4. The van der Waals surface area contributed by atoms with E-state index in [1.807, 2.05) is 13.8 Å². The summed E-state index contributed by atoms with van der Waals surface area (Å²) in [6.45, 7) is 3.71. The Labute approximate surface area is 155 Å². The van der Waals surface area contributed by atoms with E-state index in [9.17, 15) is 9.59 Å². The van der Waals surface area contributed by atoms with Crippen molar-refractivity contribution in [2.24, 2.45) is 0 Å². The van der Waals surface area contributed by atoms with Gasteiger partial charge in [0.15, 0.2) is 0 Å². The van der Waals surface area contributed by atoms with E-state index in [1.165, 1.54) is 12.1 Å². The molecule has 0 aromatic heterocycles. The van der Waals surface area contributed by atoms with Gasteiger partial charge in [-0.1, -0.05) is 29.3 Å². The molecule has 0 saturated carbocycles. The van der Waals surface area contributed by atoms with Gasteiger partial charge in [0.1, 0.15) is 0 Å². The van der Waals surface area contributed by atoms with Gasteiger partial charge in [0.25, 0.3) is 5.91 Å². The molecule has 0 radical (unpaired) electrons. The maximum atomic E-state index is 12.4. The number of amides is 3. The summed E-state index contributed by atoms with van der Waals surface area (Å²) in [7, 11) is 0. The van der Waals surface area contributed by atoms with Gasteiger partial charge in [-0.3, -0.25) is 4.79 Å². The standard InChI is InChI=1S/C17H18Cl2N4O2/c1-9(2)21-17(25)23-11-5-3-4-10(6-11)16(24)22-12-7-13(18)15(20)14(19)8-12/h3-9H,20H2,1-2H3,(H,22,24)(H2,21,23,25). The van der Waals surface area contributed by atoms with Crippen molar-refractivity contribution in [2.75, 3.05) is 16.4 Å². The van der Waals surface area contributed by atoms with Crippen LogP contribution in [-0.4, -0.2) is 18.0 Å². The molecule has 2 rings (SSSR count). The fourth-order valence-corrected chi connectivity index (χ4v) is 2.51. The Morgan fingerprint density at radius 3 is 2.24 bits per heavy atom. The van der Waals surface area contributed by atoms with Crippen LogP contribution in [0.4, 0.5) is 21.9 Å². The van der Waals surface area contributed by atoms with Gasteiger partial charge in [-0.2, -0.15) is 0 Å². The van der Waals surface area contributed by atoms with Crippen molar-refractivity contribution in [2.45, 2.75) is 19.9 Å². The topological polar surface area (TPSA) is 96.2 Å². The number of hydrogen-bond acceptors (Lipinski definition) is 3. The molecule has 0 atom stereocenters. The minimum absolute atomic E-state index is 0.00601. The number of benzene rings is 2. The third-order valence-electron chi connectivity index (χ3n) is 3.14. The number of carbonyl (C=O) groups is 2. The largest absolute Gasteiger partial charge is 0.396 e. The molecule has 2 aromatic rings. The van der Waals surface area contributed by atoms with E-state index in [0.29, 0.717) is 16.9 Å². The molecule has 0 aliphatic heterocycles. The van der Waals surface area contributed by atoms with E-state index in [1.54, 1.807) is 24.3 Å².